The van der Waals surface area contributed by atoms with Crippen LogP contribution in [-0.4, -0.2) is 43.9 Å². The van der Waals surface area contributed by atoms with Crippen molar-refractivity contribution in [3.8, 4) is 5.75 Å². The first-order chi connectivity index (χ1) is 9.87. The molecule has 118 valence electrons. The molecule has 0 bridgehead atoms. The number of likely N-dealkylation sites (tertiary alicyclic amines) is 1. The van der Waals surface area contributed by atoms with E-state index in [1.165, 1.54) is 4.90 Å². The lowest BCUT2D eigenvalue weighted by atomic mass is 10.0. The van der Waals surface area contributed by atoms with E-state index in [9.17, 15) is 13.2 Å². The number of piperidine rings is 1. The van der Waals surface area contributed by atoms with Gasteiger partial charge in [-0.3, -0.25) is 4.90 Å². The minimum absolute atomic E-state index is 0.165. The second-order valence-electron chi connectivity index (χ2n) is 5.15. The Morgan fingerprint density at radius 1 is 1.33 bits per heavy atom. The summed E-state index contributed by atoms with van der Waals surface area (Å²) in [7, 11) is 1.60. The maximum absolute atomic E-state index is 12.3. The molecule has 1 aromatic rings. The fourth-order valence-corrected chi connectivity index (χ4v) is 2.86. The zero-order valence-corrected chi connectivity index (χ0v) is 13.3. The normalized spacial score (nSPS) is 17.8. The van der Waals surface area contributed by atoms with Crippen LogP contribution in [0.4, 0.5) is 18.9 Å². The molecule has 0 radical (unpaired) electrons. The maximum Gasteiger partial charge on any atom is 0.401 e. The van der Waals surface area contributed by atoms with E-state index in [1.54, 1.807) is 7.11 Å². The Labute approximate surface area is 130 Å². The number of rotatable bonds is 4. The van der Waals surface area contributed by atoms with Crippen LogP contribution in [0.15, 0.2) is 22.7 Å². The fourth-order valence-electron chi connectivity index (χ4n) is 2.50. The second kappa shape index (κ2) is 6.87. The predicted octanol–water partition coefficient (Wildman–Crippen LogP) is 3.90. The number of nitrogens with one attached hydrogen (secondary N) is 1. The highest BCUT2D eigenvalue weighted by atomic mass is 79.9. The monoisotopic (exact) mass is 366 g/mol. The van der Waals surface area contributed by atoms with E-state index >= 15 is 0 Å². The van der Waals surface area contributed by atoms with Crippen LogP contribution in [0.3, 0.4) is 0 Å². The first-order valence-corrected chi connectivity index (χ1v) is 7.56. The van der Waals surface area contributed by atoms with Gasteiger partial charge in [0, 0.05) is 23.6 Å². The topological polar surface area (TPSA) is 24.5 Å². The molecule has 2 rings (SSSR count). The summed E-state index contributed by atoms with van der Waals surface area (Å²) in [4.78, 5) is 1.45. The van der Waals surface area contributed by atoms with Crippen molar-refractivity contribution in [2.45, 2.75) is 25.1 Å². The lowest BCUT2D eigenvalue weighted by molar-refractivity contribution is -0.147. The van der Waals surface area contributed by atoms with Gasteiger partial charge in [0.15, 0.2) is 0 Å². The van der Waals surface area contributed by atoms with Crippen molar-refractivity contribution in [2.24, 2.45) is 0 Å². The number of nitrogens with zero attached hydrogens (tertiary/aromatic N) is 1. The van der Waals surface area contributed by atoms with Gasteiger partial charge in [-0.25, -0.2) is 0 Å². The Balaban J connectivity index is 1.90. The lowest BCUT2D eigenvalue weighted by Crippen LogP contribution is -2.43. The lowest BCUT2D eigenvalue weighted by Gasteiger charge is -2.33. The summed E-state index contributed by atoms with van der Waals surface area (Å²) in [6.45, 7) is 0.0842. The van der Waals surface area contributed by atoms with Crippen molar-refractivity contribution in [1.29, 1.82) is 0 Å². The average molecular weight is 367 g/mol. The number of methoxy groups -OCH3 is 1. The molecule has 1 saturated heterocycles. The summed E-state index contributed by atoms with van der Waals surface area (Å²) in [6, 6.07) is 5.82. The first-order valence-electron chi connectivity index (χ1n) is 6.76. The number of hydrogen-bond acceptors (Lipinski definition) is 3. The highest BCUT2D eigenvalue weighted by Gasteiger charge is 2.32. The number of halogens is 4. The molecule has 0 amide bonds. The largest absolute Gasteiger partial charge is 0.495 e. The summed E-state index contributed by atoms with van der Waals surface area (Å²) in [6.07, 6.45) is -2.74. The fraction of sp³-hybridized carbons (Fsp3) is 0.571. The molecule has 1 aliphatic rings. The minimum Gasteiger partial charge on any atom is -0.495 e. The molecule has 0 spiro atoms. The zero-order valence-electron chi connectivity index (χ0n) is 11.7. The van der Waals surface area contributed by atoms with Crippen LogP contribution in [0.25, 0.3) is 0 Å². The SMILES string of the molecule is COc1ccc(Br)cc1NC1CCN(CC(F)(F)F)CC1. The highest BCUT2D eigenvalue weighted by Crippen LogP contribution is 2.30. The van der Waals surface area contributed by atoms with Crippen LogP contribution in [0.2, 0.25) is 0 Å². The molecule has 0 atom stereocenters. The van der Waals surface area contributed by atoms with Gasteiger partial charge in [0.2, 0.25) is 0 Å². The molecular formula is C14H18BrF3N2O. The van der Waals surface area contributed by atoms with Gasteiger partial charge in [0.25, 0.3) is 0 Å². The van der Waals surface area contributed by atoms with Gasteiger partial charge in [-0.1, -0.05) is 15.9 Å². The van der Waals surface area contributed by atoms with Gasteiger partial charge in [-0.15, -0.1) is 0 Å². The smallest absolute Gasteiger partial charge is 0.401 e. The van der Waals surface area contributed by atoms with Crippen molar-refractivity contribution < 1.29 is 17.9 Å². The Morgan fingerprint density at radius 3 is 2.57 bits per heavy atom. The van der Waals surface area contributed by atoms with Gasteiger partial charge >= 0.3 is 6.18 Å². The molecule has 1 N–H and O–H groups in total. The average Bonchev–Trinajstić information content (AvgIpc) is 2.40. The van der Waals surface area contributed by atoms with Crippen LogP contribution in [-0.2, 0) is 0 Å². The van der Waals surface area contributed by atoms with Crippen LogP contribution in [0.1, 0.15) is 12.8 Å². The predicted molar refractivity (Wildman–Crippen MR) is 79.8 cm³/mol. The van der Waals surface area contributed by atoms with E-state index in [-0.39, 0.29) is 6.04 Å². The number of benzene rings is 1. The molecule has 1 fully saturated rings. The van der Waals surface area contributed by atoms with E-state index in [2.05, 4.69) is 21.2 Å². The Morgan fingerprint density at radius 2 is 2.00 bits per heavy atom. The third-order valence-corrected chi connectivity index (χ3v) is 4.00. The van der Waals surface area contributed by atoms with E-state index < -0.39 is 12.7 Å². The molecule has 21 heavy (non-hydrogen) atoms. The Bertz CT molecular complexity index is 474. The van der Waals surface area contributed by atoms with Crippen molar-refractivity contribution in [3.63, 3.8) is 0 Å². The summed E-state index contributed by atoms with van der Waals surface area (Å²) < 4.78 is 43.3. The van der Waals surface area contributed by atoms with E-state index in [1.807, 2.05) is 18.2 Å². The number of hydrogen-bond donors (Lipinski definition) is 1. The third kappa shape index (κ3) is 5.07. The van der Waals surface area contributed by atoms with Crippen molar-refractivity contribution in [3.05, 3.63) is 22.7 Å². The van der Waals surface area contributed by atoms with E-state index in [0.29, 0.717) is 25.9 Å². The quantitative estimate of drug-likeness (QED) is 0.874. The summed E-state index contributed by atoms with van der Waals surface area (Å²) >= 11 is 3.40. The highest BCUT2D eigenvalue weighted by molar-refractivity contribution is 9.10. The number of ether oxygens (including phenoxy) is 1. The summed E-state index contributed by atoms with van der Waals surface area (Å²) in [5.74, 6) is 0.732. The Kier molecular flexibility index (Phi) is 5.37. The molecule has 1 heterocycles. The van der Waals surface area contributed by atoms with E-state index in [4.69, 9.17) is 4.74 Å². The second-order valence-corrected chi connectivity index (χ2v) is 6.07. The van der Waals surface area contributed by atoms with Crippen molar-refractivity contribution >= 4 is 21.6 Å². The minimum atomic E-state index is -4.12. The standard InChI is InChI=1S/C14H18BrF3N2O/c1-21-13-3-2-10(15)8-12(13)19-11-4-6-20(7-5-11)9-14(16,17)18/h2-3,8,11,19H,4-7,9H2,1H3. The van der Waals surface area contributed by atoms with Crippen molar-refractivity contribution in [2.75, 3.05) is 32.1 Å². The molecule has 0 saturated carbocycles. The van der Waals surface area contributed by atoms with Crippen LogP contribution < -0.4 is 10.1 Å². The maximum atomic E-state index is 12.3. The van der Waals surface area contributed by atoms with Gasteiger partial charge in [-0.05, 0) is 31.0 Å². The molecular weight excluding hydrogens is 349 g/mol. The molecule has 7 heteroatoms. The number of alkyl halides is 3. The Hall–Kier alpha value is -0.950. The molecule has 1 aliphatic heterocycles. The summed E-state index contributed by atoms with van der Waals surface area (Å²) in [5, 5.41) is 3.36. The molecule has 0 unspecified atom stereocenters. The van der Waals surface area contributed by atoms with Crippen molar-refractivity contribution in [1.82, 2.24) is 4.90 Å². The van der Waals surface area contributed by atoms with Crippen LogP contribution in [0.5, 0.6) is 5.75 Å². The molecule has 0 aliphatic carbocycles. The van der Waals surface area contributed by atoms with Gasteiger partial charge in [0.1, 0.15) is 5.75 Å². The van der Waals surface area contributed by atoms with Gasteiger partial charge in [-0.2, -0.15) is 13.2 Å². The van der Waals surface area contributed by atoms with E-state index in [0.717, 1.165) is 15.9 Å². The van der Waals surface area contributed by atoms with Gasteiger partial charge in [0.05, 0.1) is 19.3 Å². The van der Waals surface area contributed by atoms with Crippen LogP contribution in [0, 0.1) is 0 Å². The first kappa shape index (κ1) is 16.4. The van der Waals surface area contributed by atoms with Crippen LogP contribution >= 0.6 is 15.9 Å². The summed E-state index contributed by atoms with van der Waals surface area (Å²) in [5.41, 5.74) is 0.862. The third-order valence-electron chi connectivity index (χ3n) is 3.51. The molecule has 1 aromatic carbocycles. The zero-order chi connectivity index (χ0) is 15.5. The molecule has 3 nitrogen and oxygen atoms in total. The number of anilines is 1. The molecule has 0 aromatic heterocycles. The van der Waals surface area contributed by atoms with Gasteiger partial charge < -0.3 is 10.1 Å².